The van der Waals surface area contributed by atoms with Gasteiger partial charge >= 0.3 is 5.97 Å². The molecule has 0 saturated carbocycles. The van der Waals surface area contributed by atoms with Crippen molar-refractivity contribution in [3.63, 3.8) is 0 Å². The molecule has 1 aromatic rings. The topological polar surface area (TPSA) is 49.3 Å². The van der Waals surface area contributed by atoms with Crippen LogP contribution in [0.4, 0.5) is 5.69 Å². The van der Waals surface area contributed by atoms with Crippen molar-refractivity contribution in [3.8, 4) is 0 Å². The fourth-order valence-corrected chi connectivity index (χ4v) is 1.35. The zero-order chi connectivity index (χ0) is 11.3. The molecule has 4 heteroatoms. The third-order valence-corrected chi connectivity index (χ3v) is 2.17. The number of nitrogens with one attached hydrogen (secondary N) is 1. The van der Waals surface area contributed by atoms with Crippen molar-refractivity contribution in [1.82, 2.24) is 0 Å². The number of allylic oxidation sites excluding steroid dienone is 1. The summed E-state index contributed by atoms with van der Waals surface area (Å²) in [4.78, 5) is 10.7. The Labute approximate surface area is 93.4 Å². The van der Waals surface area contributed by atoms with Gasteiger partial charge in [0.2, 0.25) is 0 Å². The molecule has 0 atom stereocenters. The first-order chi connectivity index (χ1) is 7.15. The average molecular weight is 226 g/mol. The van der Waals surface area contributed by atoms with E-state index < -0.39 is 5.97 Å². The molecule has 1 rings (SSSR count). The van der Waals surface area contributed by atoms with Crippen LogP contribution in [0.15, 0.2) is 30.4 Å². The molecule has 0 amide bonds. The molecule has 0 aromatic heterocycles. The van der Waals surface area contributed by atoms with E-state index in [1.165, 1.54) is 6.07 Å². The maximum atomic E-state index is 10.7. The fraction of sp³-hybridized carbons (Fsp3) is 0.182. The summed E-state index contributed by atoms with van der Waals surface area (Å²) in [6, 6.07) is 4.79. The third kappa shape index (κ3) is 3.29. The fourth-order valence-electron chi connectivity index (χ4n) is 1.09. The van der Waals surface area contributed by atoms with Gasteiger partial charge in [-0.25, -0.2) is 4.79 Å². The van der Waals surface area contributed by atoms with Gasteiger partial charge in [-0.05, 0) is 25.1 Å². The molecule has 2 N–H and O–H groups in total. The number of anilines is 1. The Morgan fingerprint density at radius 2 is 2.33 bits per heavy atom. The van der Waals surface area contributed by atoms with E-state index in [0.717, 1.165) is 5.69 Å². The summed E-state index contributed by atoms with van der Waals surface area (Å²) < 4.78 is 0. The van der Waals surface area contributed by atoms with Crippen LogP contribution in [-0.4, -0.2) is 17.6 Å². The minimum Gasteiger partial charge on any atom is -0.478 e. The monoisotopic (exact) mass is 225 g/mol. The summed E-state index contributed by atoms with van der Waals surface area (Å²) in [6.45, 7) is 2.63. The first-order valence-corrected chi connectivity index (χ1v) is 4.91. The quantitative estimate of drug-likeness (QED) is 0.775. The summed E-state index contributed by atoms with van der Waals surface area (Å²) in [5, 5.41) is 12.1. The number of hydrogen-bond acceptors (Lipinski definition) is 2. The summed E-state index contributed by atoms with van der Waals surface area (Å²) in [6.07, 6.45) is 3.89. The van der Waals surface area contributed by atoms with Crippen LogP contribution in [0.5, 0.6) is 0 Å². The molecular weight excluding hydrogens is 214 g/mol. The SMILES string of the molecule is C/C=C/CNc1ccc(C(=O)O)c(Cl)c1. The molecule has 1 aromatic carbocycles. The standard InChI is InChI=1S/C11H12ClNO2/c1-2-3-6-13-8-4-5-9(11(14)15)10(12)7-8/h2-5,7,13H,6H2,1H3,(H,14,15)/b3-2+. The van der Waals surface area contributed by atoms with Crippen molar-refractivity contribution in [3.05, 3.63) is 40.9 Å². The van der Waals surface area contributed by atoms with Crippen LogP contribution in [0.3, 0.4) is 0 Å². The lowest BCUT2D eigenvalue weighted by atomic mass is 10.2. The van der Waals surface area contributed by atoms with E-state index in [4.69, 9.17) is 16.7 Å². The van der Waals surface area contributed by atoms with Crippen molar-refractivity contribution in [1.29, 1.82) is 0 Å². The third-order valence-electron chi connectivity index (χ3n) is 1.86. The zero-order valence-corrected chi connectivity index (χ0v) is 9.08. The lowest BCUT2D eigenvalue weighted by molar-refractivity contribution is 0.0697. The summed E-state index contributed by atoms with van der Waals surface area (Å²) in [5.41, 5.74) is 0.927. The Balaban J connectivity index is 2.77. The Morgan fingerprint density at radius 3 is 2.87 bits per heavy atom. The van der Waals surface area contributed by atoms with Gasteiger partial charge in [0.1, 0.15) is 0 Å². The number of halogens is 1. The number of carbonyl (C=O) groups is 1. The highest BCUT2D eigenvalue weighted by atomic mass is 35.5. The van der Waals surface area contributed by atoms with Crippen LogP contribution >= 0.6 is 11.6 Å². The van der Waals surface area contributed by atoms with E-state index in [1.54, 1.807) is 12.1 Å². The predicted octanol–water partition coefficient (Wildman–Crippen LogP) is 3.03. The smallest absolute Gasteiger partial charge is 0.337 e. The van der Waals surface area contributed by atoms with Crippen molar-refractivity contribution in [2.45, 2.75) is 6.92 Å². The second kappa shape index (κ2) is 5.41. The maximum Gasteiger partial charge on any atom is 0.337 e. The highest BCUT2D eigenvalue weighted by Gasteiger charge is 2.07. The molecule has 0 spiro atoms. The van der Waals surface area contributed by atoms with Crippen LogP contribution < -0.4 is 5.32 Å². The van der Waals surface area contributed by atoms with Crippen LogP contribution in [0.2, 0.25) is 5.02 Å². The molecule has 0 unspecified atom stereocenters. The van der Waals surface area contributed by atoms with Gasteiger partial charge < -0.3 is 10.4 Å². The summed E-state index contributed by atoms with van der Waals surface area (Å²) in [7, 11) is 0. The largest absolute Gasteiger partial charge is 0.478 e. The van der Waals surface area contributed by atoms with Crippen molar-refractivity contribution >= 4 is 23.3 Å². The van der Waals surface area contributed by atoms with Gasteiger partial charge in [-0.2, -0.15) is 0 Å². The number of carboxylic acid groups (broad SMARTS) is 1. The Kier molecular flexibility index (Phi) is 4.18. The second-order valence-corrected chi connectivity index (χ2v) is 3.36. The van der Waals surface area contributed by atoms with Crippen LogP contribution in [0.25, 0.3) is 0 Å². The number of hydrogen-bond donors (Lipinski definition) is 2. The van der Waals surface area contributed by atoms with Gasteiger partial charge in [-0.1, -0.05) is 23.8 Å². The Bertz CT molecular complexity index is 388. The van der Waals surface area contributed by atoms with E-state index >= 15 is 0 Å². The number of carboxylic acids is 1. The maximum absolute atomic E-state index is 10.7. The first-order valence-electron chi connectivity index (χ1n) is 4.53. The van der Waals surface area contributed by atoms with Gasteiger partial charge in [0, 0.05) is 12.2 Å². The first kappa shape index (κ1) is 11.6. The normalized spacial score (nSPS) is 10.5. The Morgan fingerprint density at radius 1 is 1.60 bits per heavy atom. The number of benzene rings is 1. The molecule has 0 aliphatic carbocycles. The van der Waals surface area contributed by atoms with E-state index in [2.05, 4.69) is 5.32 Å². The molecule has 15 heavy (non-hydrogen) atoms. The lowest BCUT2D eigenvalue weighted by Gasteiger charge is -2.05. The highest BCUT2D eigenvalue weighted by molar-refractivity contribution is 6.33. The molecule has 0 aliphatic heterocycles. The van der Waals surface area contributed by atoms with Gasteiger partial charge in [0.15, 0.2) is 0 Å². The van der Waals surface area contributed by atoms with E-state index in [0.29, 0.717) is 6.54 Å². The molecule has 0 heterocycles. The van der Waals surface area contributed by atoms with Crippen molar-refractivity contribution < 1.29 is 9.90 Å². The second-order valence-electron chi connectivity index (χ2n) is 2.95. The van der Waals surface area contributed by atoms with Gasteiger partial charge in [-0.15, -0.1) is 0 Å². The molecule has 0 aliphatic rings. The molecule has 0 radical (unpaired) electrons. The summed E-state index contributed by atoms with van der Waals surface area (Å²) in [5.74, 6) is -1.01. The Hall–Kier alpha value is -1.48. The zero-order valence-electron chi connectivity index (χ0n) is 8.33. The van der Waals surface area contributed by atoms with Crippen molar-refractivity contribution in [2.24, 2.45) is 0 Å². The average Bonchev–Trinajstić information content (AvgIpc) is 2.17. The van der Waals surface area contributed by atoms with Crippen LogP contribution in [0.1, 0.15) is 17.3 Å². The van der Waals surface area contributed by atoms with E-state index in [9.17, 15) is 4.79 Å². The molecule has 3 nitrogen and oxygen atoms in total. The minimum atomic E-state index is -1.01. The lowest BCUT2D eigenvalue weighted by Crippen LogP contribution is -2.01. The van der Waals surface area contributed by atoms with Gasteiger partial charge in [0.25, 0.3) is 0 Å². The minimum absolute atomic E-state index is 0.119. The molecule has 0 saturated heterocycles. The molecule has 80 valence electrons. The highest BCUT2D eigenvalue weighted by Crippen LogP contribution is 2.20. The van der Waals surface area contributed by atoms with Gasteiger partial charge in [0.05, 0.1) is 10.6 Å². The van der Waals surface area contributed by atoms with E-state index in [1.807, 2.05) is 19.1 Å². The molecule has 0 fully saturated rings. The van der Waals surface area contributed by atoms with Gasteiger partial charge in [-0.3, -0.25) is 0 Å². The van der Waals surface area contributed by atoms with Crippen LogP contribution in [-0.2, 0) is 0 Å². The van der Waals surface area contributed by atoms with Crippen LogP contribution in [0, 0.1) is 0 Å². The number of aromatic carboxylic acids is 1. The molecule has 0 bridgehead atoms. The number of rotatable bonds is 4. The summed E-state index contributed by atoms with van der Waals surface area (Å²) >= 11 is 5.80. The predicted molar refractivity (Wildman–Crippen MR) is 61.7 cm³/mol. The molecular formula is C11H12ClNO2. The van der Waals surface area contributed by atoms with Crippen molar-refractivity contribution in [2.75, 3.05) is 11.9 Å². The van der Waals surface area contributed by atoms with E-state index in [-0.39, 0.29) is 10.6 Å².